The van der Waals surface area contributed by atoms with E-state index in [1.54, 1.807) is 7.11 Å². The van der Waals surface area contributed by atoms with E-state index in [1.807, 2.05) is 6.07 Å². The molecule has 112 valence electrons. The SMILES string of the molecule is COc1c(Cl)c(Br)cc2nc(Cl)nc(N3CCNCC3)c12. The second-order valence-electron chi connectivity index (χ2n) is 4.65. The minimum Gasteiger partial charge on any atom is -0.494 e. The Bertz CT molecular complexity index is 692. The van der Waals surface area contributed by atoms with Gasteiger partial charge in [0, 0.05) is 30.7 Å². The van der Waals surface area contributed by atoms with Crippen LogP contribution in [0.2, 0.25) is 10.3 Å². The maximum Gasteiger partial charge on any atom is 0.224 e. The molecule has 3 rings (SSSR count). The molecule has 0 bridgehead atoms. The molecule has 1 aliphatic heterocycles. The summed E-state index contributed by atoms with van der Waals surface area (Å²) in [6.07, 6.45) is 0. The number of methoxy groups -OCH3 is 1. The summed E-state index contributed by atoms with van der Waals surface area (Å²) in [4.78, 5) is 10.9. The first-order valence-electron chi connectivity index (χ1n) is 6.46. The maximum atomic E-state index is 6.33. The van der Waals surface area contributed by atoms with Gasteiger partial charge in [0.25, 0.3) is 0 Å². The number of halogens is 3. The van der Waals surface area contributed by atoms with Crippen molar-refractivity contribution in [1.82, 2.24) is 15.3 Å². The van der Waals surface area contributed by atoms with Crippen molar-refractivity contribution in [3.8, 4) is 5.75 Å². The summed E-state index contributed by atoms with van der Waals surface area (Å²) in [5.41, 5.74) is 0.705. The lowest BCUT2D eigenvalue weighted by atomic mass is 10.2. The summed E-state index contributed by atoms with van der Waals surface area (Å²) >= 11 is 15.8. The van der Waals surface area contributed by atoms with Crippen molar-refractivity contribution in [1.29, 1.82) is 0 Å². The van der Waals surface area contributed by atoms with Crippen molar-refractivity contribution in [3.63, 3.8) is 0 Å². The van der Waals surface area contributed by atoms with Gasteiger partial charge in [-0.3, -0.25) is 0 Å². The molecule has 2 aromatic rings. The lowest BCUT2D eigenvalue weighted by molar-refractivity contribution is 0.419. The number of ether oxygens (including phenoxy) is 1. The van der Waals surface area contributed by atoms with Crippen LogP contribution in [-0.2, 0) is 0 Å². The normalized spacial score (nSPS) is 15.5. The highest BCUT2D eigenvalue weighted by molar-refractivity contribution is 9.10. The van der Waals surface area contributed by atoms with Gasteiger partial charge in [0.15, 0.2) is 5.75 Å². The van der Waals surface area contributed by atoms with Crippen molar-refractivity contribution in [2.24, 2.45) is 0 Å². The van der Waals surface area contributed by atoms with Gasteiger partial charge in [0.2, 0.25) is 5.28 Å². The Morgan fingerprint density at radius 1 is 1.29 bits per heavy atom. The van der Waals surface area contributed by atoms with Gasteiger partial charge in [-0.15, -0.1) is 0 Å². The zero-order valence-electron chi connectivity index (χ0n) is 11.3. The van der Waals surface area contributed by atoms with Gasteiger partial charge in [-0.05, 0) is 33.6 Å². The van der Waals surface area contributed by atoms with E-state index in [4.69, 9.17) is 27.9 Å². The standard InChI is InChI=1S/C13H13BrCl2N4O/c1-21-11-9-8(6-7(14)10(11)15)18-13(16)19-12(9)20-4-2-17-3-5-20/h6,17H,2-5H2,1H3. The topological polar surface area (TPSA) is 50.3 Å². The van der Waals surface area contributed by atoms with Gasteiger partial charge in [0.05, 0.1) is 23.0 Å². The van der Waals surface area contributed by atoms with Crippen molar-refractivity contribution in [3.05, 3.63) is 20.8 Å². The second-order valence-corrected chi connectivity index (χ2v) is 6.22. The van der Waals surface area contributed by atoms with Gasteiger partial charge in [-0.1, -0.05) is 11.6 Å². The Balaban J connectivity index is 2.29. The fourth-order valence-electron chi connectivity index (χ4n) is 2.46. The van der Waals surface area contributed by atoms with E-state index in [0.29, 0.717) is 16.3 Å². The first-order valence-corrected chi connectivity index (χ1v) is 8.01. The van der Waals surface area contributed by atoms with Crippen LogP contribution in [0.15, 0.2) is 10.5 Å². The molecule has 2 heterocycles. The molecule has 5 nitrogen and oxygen atoms in total. The number of piperazine rings is 1. The third kappa shape index (κ3) is 2.77. The highest BCUT2D eigenvalue weighted by Gasteiger charge is 2.22. The van der Waals surface area contributed by atoms with Crippen LogP contribution in [-0.4, -0.2) is 43.3 Å². The largest absolute Gasteiger partial charge is 0.494 e. The number of nitrogens with one attached hydrogen (secondary N) is 1. The molecule has 21 heavy (non-hydrogen) atoms. The first kappa shape index (κ1) is 15.1. The number of nitrogens with zero attached hydrogens (tertiary/aromatic N) is 3. The minimum absolute atomic E-state index is 0.215. The summed E-state index contributed by atoms with van der Waals surface area (Å²) in [5.74, 6) is 1.32. The molecule has 1 saturated heterocycles. The van der Waals surface area contributed by atoms with Gasteiger partial charge in [-0.25, -0.2) is 4.98 Å². The number of hydrogen-bond acceptors (Lipinski definition) is 5. The fourth-order valence-corrected chi connectivity index (χ4v) is 3.25. The number of rotatable bonds is 2. The van der Waals surface area contributed by atoms with Gasteiger partial charge in [-0.2, -0.15) is 4.98 Å². The summed E-state index contributed by atoms with van der Waals surface area (Å²) in [7, 11) is 1.59. The zero-order chi connectivity index (χ0) is 15.0. The van der Waals surface area contributed by atoms with Crippen molar-refractivity contribution >= 4 is 55.9 Å². The monoisotopic (exact) mass is 390 g/mol. The number of benzene rings is 1. The molecule has 0 amide bonds. The van der Waals surface area contributed by atoms with Crippen LogP contribution in [0.25, 0.3) is 10.9 Å². The summed E-state index contributed by atoms with van der Waals surface area (Å²) < 4.78 is 6.20. The highest BCUT2D eigenvalue weighted by Crippen LogP contribution is 2.42. The van der Waals surface area contributed by atoms with Crippen LogP contribution < -0.4 is 15.0 Å². The van der Waals surface area contributed by atoms with E-state index in [9.17, 15) is 0 Å². The van der Waals surface area contributed by atoms with Crippen LogP contribution in [0, 0.1) is 0 Å². The maximum absolute atomic E-state index is 6.33. The Morgan fingerprint density at radius 2 is 2.00 bits per heavy atom. The highest BCUT2D eigenvalue weighted by atomic mass is 79.9. The Hall–Kier alpha value is -0.820. The van der Waals surface area contributed by atoms with Gasteiger partial charge >= 0.3 is 0 Å². The van der Waals surface area contributed by atoms with Crippen LogP contribution >= 0.6 is 39.1 Å². The summed E-state index contributed by atoms with van der Waals surface area (Å²) in [6, 6.07) is 1.83. The second kappa shape index (κ2) is 6.12. The van der Waals surface area contributed by atoms with E-state index < -0.39 is 0 Å². The molecule has 1 aromatic heterocycles. The summed E-state index contributed by atoms with van der Waals surface area (Å²) in [5, 5.41) is 4.82. The van der Waals surface area contributed by atoms with E-state index in [0.717, 1.165) is 41.9 Å². The van der Waals surface area contributed by atoms with Gasteiger partial charge in [0.1, 0.15) is 5.82 Å². The third-order valence-corrected chi connectivity index (χ3v) is 4.81. The van der Waals surface area contributed by atoms with Crippen molar-refractivity contribution in [2.45, 2.75) is 0 Å². The fraction of sp³-hybridized carbons (Fsp3) is 0.385. The molecule has 0 saturated carbocycles. The molecule has 1 N–H and O–H groups in total. The van der Waals surface area contributed by atoms with E-state index in [2.05, 4.69) is 36.1 Å². The average Bonchev–Trinajstić information content (AvgIpc) is 2.49. The Kier molecular flexibility index (Phi) is 4.40. The lowest BCUT2D eigenvalue weighted by Crippen LogP contribution is -2.44. The van der Waals surface area contributed by atoms with E-state index >= 15 is 0 Å². The zero-order valence-corrected chi connectivity index (χ0v) is 14.4. The van der Waals surface area contributed by atoms with Crippen LogP contribution in [0.4, 0.5) is 5.82 Å². The Labute approximate surface area is 140 Å². The van der Waals surface area contributed by atoms with Crippen LogP contribution in [0.5, 0.6) is 5.75 Å². The van der Waals surface area contributed by atoms with Gasteiger partial charge < -0.3 is 15.0 Å². The molecule has 1 aliphatic rings. The molecule has 1 fully saturated rings. The number of aromatic nitrogens is 2. The van der Waals surface area contributed by atoms with Crippen LogP contribution in [0.1, 0.15) is 0 Å². The molecule has 0 aliphatic carbocycles. The van der Waals surface area contributed by atoms with Crippen LogP contribution in [0.3, 0.4) is 0 Å². The van der Waals surface area contributed by atoms with E-state index in [1.165, 1.54) is 0 Å². The molecule has 1 aromatic carbocycles. The molecule has 8 heteroatoms. The van der Waals surface area contributed by atoms with E-state index in [-0.39, 0.29) is 5.28 Å². The number of fused-ring (bicyclic) bond motifs is 1. The third-order valence-electron chi connectivity index (χ3n) is 3.41. The molecular weight excluding hydrogens is 379 g/mol. The van der Waals surface area contributed by atoms with Crippen molar-refractivity contribution < 1.29 is 4.74 Å². The smallest absolute Gasteiger partial charge is 0.224 e. The molecule has 0 atom stereocenters. The Morgan fingerprint density at radius 3 is 2.67 bits per heavy atom. The molecule has 0 unspecified atom stereocenters. The predicted octanol–water partition coefficient (Wildman–Crippen LogP) is 3.12. The molecule has 0 radical (unpaired) electrons. The lowest BCUT2D eigenvalue weighted by Gasteiger charge is -2.29. The number of anilines is 1. The molecule has 0 spiro atoms. The average molecular weight is 392 g/mol. The number of hydrogen-bond donors (Lipinski definition) is 1. The molecular formula is C13H13BrCl2N4O. The quantitative estimate of drug-likeness (QED) is 0.797. The summed E-state index contributed by atoms with van der Waals surface area (Å²) in [6.45, 7) is 3.49. The predicted molar refractivity (Wildman–Crippen MR) is 88.9 cm³/mol. The first-order chi connectivity index (χ1) is 10.1. The van der Waals surface area contributed by atoms with Crippen molar-refractivity contribution in [2.75, 3.05) is 38.2 Å². The minimum atomic E-state index is 0.215.